The van der Waals surface area contributed by atoms with Crippen molar-refractivity contribution in [3.8, 4) is 11.8 Å². The molecule has 0 aliphatic heterocycles. The zero-order chi connectivity index (χ0) is 8.65. The Labute approximate surface area is 72.2 Å². The quantitative estimate of drug-likeness (QED) is 0.505. The standard InChI is InChI=1S/C9H11N3/c1-10-6-3-2-5-9-11-7-4-8-12-9/h4,7-8,10H,3,6H2,1H3. The second kappa shape index (κ2) is 5.28. The Morgan fingerprint density at radius 1 is 1.42 bits per heavy atom. The number of rotatable bonds is 2. The highest BCUT2D eigenvalue weighted by atomic mass is 14.8. The Morgan fingerprint density at radius 3 is 2.83 bits per heavy atom. The Morgan fingerprint density at radius 2 is 2.17 bits per heavy atom. The second-order valence-electron chi connectivity index (χ2n) is 2.23. The van der Waals surface area contributed by atoms with Crippen LogP contribution in [0.3, 0.4) is 0 Å². The largest absolute Gasteiger partial charge is 0.319 e. The summed E-state index contributed by atoms with van der Waals surface area (Å²) in [5, 5.41) is 3.01. The van der Waals surface area contributed by atoms with Gasteiger partial charge in [0.05, 0.1) is 0 Å². The third kappa shape index (κ3) is 3.13. The molecule has 0 aliphatic carbocycles. The van der Waals surface area contributed by atoms with E-state index in [9.17, 15) is 0 Å². The maximum absolute atomic E-state index is 3.97. The molecule has 0 aromatic carbocycles. The third-order valence-corrected chi connectivity index (χ3v) is 1.27. The molecule has 62 valence electrons. The van der Waals surface area contributed by atoms with E-state index in [1.807, 2.05) is 7.05 Å². The molecule has 1 N–H and O–H groups in total. The van der Waals surface area contributed by atoms with E-state index in [0.717, 1.165) is 13.0 Å². The molecule has 0 bridgehead atoms. The van der Waals surface area contributed by atoms with Gasteiger partial charge in [-0.2, -0.15) is 0 Å². The van der Waals surface area contributed by atoms with Gasteiger partial charge in [-0.25, -0.2) is 9.97 Å². The van der Waals surface area contributed by atoms with Crippen LogP contribution < -0.4 is 5.32 Å². The fraction of sp³-hybridized carbons (Fsp3) is 0.333. The van der Waals surface area contributed by atoms with Crippen molar-refractivity contribution in [2.45, 2.75) is 6.42 Å². The maximum atomic E-state index is 3.97. The van der Waals surface area contributed by atoms with E-state index in [1.165, 1.54) is 0 Å². The van der Waals surface area contributed by atoms with E-state index in [4.69, 9.17) is 0 Å². The average molecular weight is 161 g/mol. The van der Waals surface area contributed by atoms with Crippen molar-refractivity contribution in [1.29, 1.82) is 0 Å². The number of nitrogens with one attached hydrogen (secondary N) is 1. The van der Waals surface area contributed by atoms with E-state index in [2.05, 4.69) is 27.1 Å². The molecule has 1 aromatic rings. The predicted octanol–water partition coefficient (Wildman–Crippen LogP) is 0.438. The summed E-state index contributed by atoms with van der Waals surface area (Å²) < 4.78 is 0. The summed E-state index contributed by atoms with van der Waals surface area (Å²) in [6, 6.07) is 1.78. The highest BCUT2D eigenvalue weighted by Crippen LogP contribution is 1.83. The molecule has 1 heterocycles. The highest BCUT2D eigenvalue weighted by Gasteiger charge is 1.83. The van der Waals surface area contributed by atoms with Crippen LogP contribution in [0.1, 0.15) is 12.2 Å². The van der Waals surface area contributed by atoms with Crippen molar-refractivity contribution in [3.63, 3.8) is 0 Å². The van der Waals surface area contributed by atoms with Crippen molar-refractivity contribution < 1.29 is 0 Å². The molecular weight excluding hydrogens is 150 g/mol. The molecule has 12 heavy (non-hydrogen) atoms. The molecule has 0 spiro atoms. The molecule has 0 atom stereocenters. The summed E-state index contributed by atoms with van der Waals surface area (Å²) in [4.78, 5) is 7.94. The number of hydrogen-bond donors (Lipinski definition) is 1. The first-order chi connectivity index (χ1) is 5.93. The smallest absolute Gasteiger partial charge is 0.204 e. The number of aromatic nitrogens is 2. The van der Waals surface area contributed by atoms with E-state index >= 15 is 0 Å². The van der Waals surface area contributed by atoms with Crippen LogP contribution in [0.25, 0.3) is 0 Å². The van der Waals surface area contributed by atoms with Gasteiger partial charge in [-0.3, -0.25) is 0 Å². The molecule has 1 rings (SSSR count). The Kier molecular flexibility index (Phi) is 3.82. The van der Waals surface area contributed by atoms with E-state index in [0.29, 0.717) is 5.82 Å². The summed E-state index contributed by atoms with van der Waals surface area (Å²) in [5.74, 6) is 6.42. The molecular formula is C9H11N3. The minimum Gasteiger partial charge on any atom is -0.319 e. The van der Waals surface area contributed by atoms with E-state index in [1.54, 1.807) is 18.5 Å². The lowest BCUT2D eigenvalue weighted by molar-refractivity contribution is 0.818. The van der Waals surface area contributed by atoms with Crippen LogP contribution in [-0.2, 0) is 0 Å². The average Bonchev–Trinajstić information content (AvgIpc) is 2.14. The minimum atomic E-state index is 0.591. The molecule has 1 aromatic heterocycles. The molecule has 3 heteroatoms. The monoisotopic (exact) mass is 161 g/mol. The lowest BCUT2D eigenvalue weighted by atomic mass is 10.4. The van der Waals surface area contributed by atoms with Gasteiger partial charge in [-0.15, -0.1) is 0 Å². The summed E-state index contributed by atoms with van der Waals surface area (Å²) >= 11 is 0. The number of hydrogen-bond acceptors (Lipinski definition) is 3. The van der Waals surface area contributed by atoms with Crippen molar-refractivity contribution in [2.75, 3.05) is 13.6 Å². The van der Waals surface area contributed by atoms with E-state index in [-0.39, 0.29) is 0 Å². The lowest BCUT2D eigenvalue weighted by Crippen LogP contribution is -2.05. The van der Waals surface area contributed by atoms with Crippen LogP contribution in [-0.4, -0.2) is 23.6 Å². The van der Waals surface area contributed by atoms with Crippen LogP contribution >= 0.6 is 0 Å². The van der Waals surface area contributed by atoms with Crippen molar-refractivity contribution in [3.05, 3.63) is 24.3 Å². The molecule has 3 nitrogen and oxygen atoms in total. The van der Waals surface area contributed by atoms with Gasteiger partial charge in [0.25, 0.3) is 0 Å². The molecule has 0 unspecified atom stereocenters. The third-order valence-electron chi connectivity index (χ3n) is 1.27. The Balaban J connectivity index is 2.44. The second-order valence-corrected chi connectivity index (χ2v) is 2.23. The van der Waals surface area contributed by atoms with Crippen LogP contribution in [0.5, 0.6) is 0 Å². The maximum Gasteiger partial charge on any atom is 0.204 e. The first kappa shape index (κ1) is 8.69. The van der Waals surface area contributed by atoms with Crippen LogP contribution in [0, 0.1) is 11.8 Å². The normalized spacial score (nSPS) is 8.75. The Bertz CT molecular complexity index is 271. The van der Waals surface area contributed by atoms with Gasteiger partial charge in [0, 0.05) is 25.4 Å². The number of nitrogens with zero attached hydrogens (tertiary/aromatic N) is 2. The zero-order valence-electron chi connectivity index (χ0n) is 7.04. The fourth-order valence-electron chi connectivity index (χ4n) is 0.693. The van der Waals surface area contributed by atoms with Crippen LogP contribution in [0.4, 0.5) is 0 Å². The van der Waals surface area contributed by atoms with Crippen molar-refractivity contribution in [2.24, 2.45) is 0 Å². The first-order valence-corrected chi connectivity index (χ1v) is 3.84. The Hall–Kier alpha value is -1.40. The van der Waals surface area contributed by atoms with Crippen LogP contribution in [0.2, 0.25) is 0 Å². The zero-order valence-corrected chi connectivity index (χ0v) is 7.04. The summed E-state index contributed by atoms with van der Waals surface area (Å²) in [7, 11) is 1.90. The topological polar surface area (TPSA) is 37.8 Å². The van der Waals surface area contributed by atoms with Gasteiger partial charge in [0.2, 0.25) is 5.82 Å². The molecule has 0 fully saturated rings. The van der Waals surface area contributed by atoms with Gasteiger partial charge in [-0.1, -0.05) is 5.92 Å². The molecule has 0 saturated heterocycles. The molecule has 0 radical (unpaired) electrons. The summed E-state index contributed by atoms with van der Waals surface area (Å²) in [6.07, 6.45) is 4.21. The lowest BCUT2D eigenvalue weighted by Gasteiger charge is -1.87. The van der Waals surface area contributed by atoms with E-state index < -0.39 is 0 Å². The molecule has 0 saturated carbocycles. The van der Waals surface area contributed by atoms with Crippen LogP contribution in [0.15, 0.2) is 18.5 Å². The highest BCUT2D eigenvalue weighted by molar-refractivity contribution is 5.19. The SMILES string of the molecule is CNCCC#Cc1ncccn1. The van der Waals surface area contributed by atoms with Gasteiger partial charge >= 0.3 is 0 Å². The summed E-state index contributed by atoms with van der Waals surface area (Å²) in [5.41, 5.74) is 0. The predicted molar refractivity (Wildman–Crippen MR) is 47.5 cm³/mol. The van der Waals surface area contributed by atoms with Gasteiger partial charge < -0.3 is 5.32 Å². The van der Waals surface area contributed by atoms with Crippen molar-refractivity contribution in [1.82, 2.24) is 15.3 Å². The molecule has 0 amide bonds. The minimum absolute atomic E-state index is 0.591. The first-order valence-electron chi connectivity index (χ1n) is 3.84. The van der Waals surface area contributed by atoms with Gasteiger partial charge in [-0.05, 0) is 19.0 Å². The summed E-state index contributed by atoms with van der Waals surface area (Å²) in [6.45, 7) is 0.903. The molecule has 0 aliphatic rings. The van der Waals surface area contributed by atoms with Gasteiger partial charge in [0.15, 0.2) is 0 Å². The van der Waals surface area contributed by atoms with Gasteiger partial charge in [0.1, 0.15) is 0 Å². The fourth-order valence-corrected chi connectivity index (χ4v) is 0.693. The van der Waals surface area contributed by atoms with Crippen molar-refractivity contribution >= 4 is 0 Å².